The minimum Gasteiger partial charge on any atom is -0.381 e. The molecule has 1 unspecified atom stereocenters. The van der Waals surface area contributed by atoms with Gasteiger partial charge in [0.2, 0.25) is 10.0 Å². The van der Waals surface area contributed by atoms with E-state index in [1.54, 1.807) is 6.92 Å². The van der Waals surface area contributed by atoms with Gasteiger partial charge in [0, 0.05) is 19.8 Å². The van der Waals surface area contributed by atoms with Crippen LogP contribution in [0.25, 0.3) is 0 Å². The first-order valence-corrected chi connectivity index (χ1v) is 6.34. The second kappa shape index (κ2) is 4.93. The number of nitrogens with one attached hydrogen (secondary N) is 1. The van der Waals surface area contributed by atoms with Gasteiger partial charge in [0.15, 0.2) is 0 Å². The molecule has 0 aromatic rings. The Kier molecular flexibility index (Phi) is 4.15. The van der Waals surface area contributed by atoms with Crippen LogP contribution < -0.4 is 4.72 Å². The molecule has 1 saturated heterocycles. The topological polar surface area (TPSA) is 55.4 Å². The quantitative estimate of drug-likeness (QED) is 0.708. The molecule has 1 atom stereocenters. The van der Waals surface area contributed by atoms with Crippen molar-refractivity contribution in [3.63, 3.8) is 0 Å². The van der Waals surface area contributed by atoms with Crippen LogP contribution in [0.4, 0.5) is 0 Å². The van der Waals surface area contributed by atoms with E-state index in [4.69, 9.17) is 4.74 Å². The molecule has 1 rings (SSSR count). The normalized spacial score (nSPS) is 23.6. The van der Waals surface area contributed by atoms with Crippen LogP contribution >= 0.6 is 0 Å². The van der Waals surface area contributed by atoms with Crippen LogP contribution in [0.3, 0.4) is 0 Å². The molecule has 0 amide bonds. The van der Waals surface area contributed by atoms with Gasteiger partial charge in [0.05, 0.1) is 5.75 Å². The second-order valence-electron chi connectivity index (χ2n) is 3.32. The van der Waals surface area contributed by atoms with E-state index in [0.29, 0.717) is 12.5 Å². The third-order valence-corrected chi connectivity index (χ3v) is 3.68. The van der Waals surface area contributed by atoms with Crippen LogP contribution in [0, 0.1) is 5.92 Å². The summed E-state index contributed by atoms with van der Waals surface area (Å²) in [5, 5.41) is 0. The molecule has 78 valence electrons. The van der Waals surface area contributed by atoms with Gasteiger partial charge >= 0.3 is 0 Å². The van der Waals surface area contributed by atoms with Gasteiger partial charge in [-0.3, -0.25) is 0 Å². The molecule has 0 bridgehead atoms. The van der Waals surface area contributed by atoms with E-state index < -0.39 is 10.0 Å². The Labute approximate surface area is 79.7 Å². The van der Waals surface area contributed by atoms with Crippen LogP contribution in [0.15, 0.2) is 0 Å². The summed E-state index contributed by atoms with van der Waals surface area (Å²) < 4.78 is 29.8. The standard InChI is InChI=1S/C8H17NO3S/c1-2-13(10,11)9-5-3-8-4-6-12-7-8/h8-9H,2-7H2,1H3. The Morgan fingerprint density at radius 1 is 1.54 bits per heavy atom. The number of rotatable bonds is 5. The van der Waals surface area contributed by atoms with Crippen LogP contribution in [-0.2, 0) is 14.8 Å². The maximum atomic E-state index is 11.0. The van der Waals surface area contributed by atoms with E-state index in [1.165, 1.54) is 0 Å². The first-order valence-electron chi connectivity index (χ1n) is 4.69. The van der Waals surface area contributed by atoms with Gasteiger partial charge in [0.25, 0.3) is 0 Å². The summed E-state index contributed by atoms with van der Waals surface area (Å²) in [4.78, 5) is 0. The molecule has 1 fully saturated rings. The zero-order chi connectivity index (χ0) is 9.73. The molecular weight excluding hydrogens is 190 g/mol. The van der Waals surface area contributed by atoms with Gasteiger partial charge in [-0.25, -0.2) is 13.1 Å². The zero-order valence-electron chi connectivity index (χ0n) is 7.95. The highest BCUT2D eigenvalue weighted by Gasteiger charge is 2.15. The van der Waals surface area contributed by atoms with Crippen molar-refractivity contribution in [1.29, 1.82) is 0 Å². The summed E-state index contributed by atoms with van der Waals surface area (Å²) in [5.41, 5.74) is 0. The van der Waals surface area contributed by atoms with Crippen molar-refractivity contribution in [2.45, 2.75) is 19.8 Å². The van der Waals surface area contributed by atoms with E-state index in [-0.39, 0.29) is 5.75 Å². The lowest BCUT2D eigenvalue weighted by Gasteiger charge is -2.07. The zero-order valence-corrected chi connectivity index (χ0v) is 8.77. The number of hydrogen-bond donors (Lipinski definition) is 1. The molecule has 13 heavy (non-hydrogen) atoms. The summed E-state index contributed by atoms with van der Waals surface area (Å²) in [6.07, 6.45) is 1.95. The van der Waals surface area contributed by atoms with Crippen LogP contribution in [-0.4, -0.2) is 33.9 Å². The first kappa shape index (κ1) is 10.9. The molecule has 1 aliphatic rings. The highest BCUT2D eigenvalue weighted by molar-refractivity contribution is 7.89. The van der Waals surface area contributed by atoms with Crippen LogP contribution in [0.2, 0.25) is 0 Å². The summed E-state index contributed by atoms with van der Waals surface area (Å²) in [6.45, 7) is 3.80. The second-order valence-corrected chi connectivity index (χ2v) is 5.41. The van der Waals surface area contributed by atoms with Gasteiger partial charge in [-0.1, -0.05) is 0 Å². The fourth-order valence-electron chi connectivity index (χ4n) is 1.33. The first-order chi connectivity index (χ1) is 6.14. The Morgan fingerprint density at radius 2 is 2.31 bits per heavy atom. The van der Waals surface area contributed by atoms with E-state index in [2.05, 4.69) is 4.72 Å². The van der Waals surface area contributed by atoms with E-state index >= 15 is 0 Å². The molecule has 0 saturated carbocycles. The Morgan fingerprint density at radius 3 is 2.85 bits per heavy atom. The molecule has 0 radical (unpaired) electrons. The average molecular weight is 207 g/mol. The maximum absolute atomic E-state index is 11.0. The van der Waals surface area contributed by atoms with Gasteiger partial charge in [0.1, 0.15) is 0 Å². The predicted molar refractivity (Wildman–Crippen MR) is 51.0 cm³/mol. The fourth-order valence-corrected chi connectivity index (χ4v) is 1.96. The molecule has 1 aliphatic heterocycles. The van der Waals surface area contributed by atoms with Gasteiger partial charge in [-0.2, -0.15) is 0 Å². The molecule has 0 aliphatic carbocycles. The van der Waals surface area contributed by atoms with Crippen molar-refractivity contribution >= 4 is 10.0 Å². The molecular formula is C8H17NO3S. The lowest BCUT2D eigenvalue weighted by molar-refractivity contribution is 0.184. The van der Waals surface area contributed by atoms with Crippen molar-refractivity contribution < 1.29 is 13.2 Å². The molecule has 4 nitrogen and oxygen atoms in total. The minimum atomic E-state index is -3.00. The number of hydrogen-bond acceptors (Lipinski definition) is 3. The highest BCUT2D eigenvalue weighted by Crippen LogP contribution is 2.15. The summed E-state index contributed by atoms with van der Waals surface area (Å²) in [7, 11) is -3.00. The van der Waals surface area contributed by atoms with Crippen molar-refractivity contribution in [3.05, 3.63) is 0 Å². The lowest BCUT2D eigenvalue weighted by Crippen LogP contribution is -2.27. The number of sulfonamides is 1. The molecule has 5 heteroatoms. The summed E-state index contributed by atoms with van der Waals surface area (Å²) in [6, 6.07) is 0. The van der Waals surface area contributed by atoms with Crippen molar-refractivity contribution in [1.82, 2.24) is 4.72 Å². The third-order valence-electron chi connectivity index (χ3n) is 2.28. The van der Waals surface area contributed by atoms with Crippen molar-refractivity contribution in [2.24, 2.45) is 5.92 Å². The average Bonchev–Trinajstić information content (AvgIpc) is 2.57. The lowest BCUT2D eigenvalue weighted by atomic mass is 10.1. The van der Waals surface area contributed by atoms with Crippen molar-refractivity contribution in [2.75, 3.05) is 25.5 Å². The van der Waals surface area contributed by atoms with Crippen LogP contribution in [0.5, 0.6) is 0 Å². The van der Waals surface area contributed by atoms with Gasteiger partial charge < -0.3 is 4.74 Å². The summed E-state index contributed by atoms with van der Waals surface area (Å²) >= 11 is 0. The molecule has 0 aromatic carbocycles. The van der Waals surface area contributed by atoms with E-state index in [0.717, 1.165) is 26.1 Å². The Bertz CT molecular complexity index is 232. The maximum Gasteiger partial charge on any atom is 0.211 e. The highest BCUT2D eigenvalue weighted by atomic mass is 32.2. The SMILES string of the molecule is CCS(=O)(=O)NCCC1CCOC1. The monoisotopic (exact) mass is 207 g/mol. The van der Waals surface area contributed by atoms with Crippen molar-refractivity contribution in [3.8, 4) is 0 Å². The summed E-state index contributed by atoms with van der Waals surface area (Å²) in [5.74, 6) is 0.702. The minimum absolute atomic E-state index is 0.161. The number of ether oxygens (including phenoxy) is 1. The van der Waals surface area contributed by atoms with Gasteiger partial charge in [-0.15, -0.1) is 0 Å². The third kappa shape index (κ3) is 4.06. The van der Waals surface area contributed by atoms with E-state index in [9.17, 15) is 8.42 Å². The Balaban J connectivity index is 2.13. The largest absolute Gasteiger partial charge is 0.381 e. The molecule has 0 spiro atoms. The van der Waals surface area contributed by atoms with E-state index in [1.807, 2.05) is 0 Å². The molecule has 0 aromatic heterocycles. The van der Waals surface area contributed by atoms with Crippen LogP contribution in [0.1, 0.15) is 19.8 Å². The Hall–Kier alpha value is -0.130. The smallest absolute Gasteiger partial charge is 0.211 e. The molecule has 1 N–H and O–H groups in total. The van der Waals surface area contributed by atoms with Gasteiger partial charge in [-0.05, 0) is 25.7 Å². The fraction of sp³-hybridized carbons (Fsp3) is 1.00. The molecule has 1 heterocycles. The predicted octanol–water partition coefficient (Wildman–Crippen LogP) is 0.352.